The largest absolute Gasteiger partial charge is 0.370 e. The maximum Gasteiger partial charge on any atom is 0.222 e. The lowest BCUT2D eigenvalue weighted by atomic mass is 9.96. The van der Waals surface area contributed by atoms with Crippen molar-refractivity contribution < 1.29 is 4.79 Å². The monoisotopic (exact) mass is 325 g/mol. The Morgan fingerprint density at radius 3 is 2.67 bits per heavy atom. The molecule has 2 saturated heterocycles. The molecule has 0 spiro atoms. The van der Waals surface area contributed by atoms with Crippen LogP contribution >= 0.6 is 0 Å². The van der Waals surface area contributed by atoms with E-state index in [-0.39, 0.29) is 0 Å². The number of hydrogen-bond acceptors (Lipinski definition) is 4. The molecule has 24 heavy (non-hydrogen) atoms. The lowest BCUT2D eigenvalue weighted by Gasteiger charge is -2.35. The SMILES string of the molecule is O=C1CCCN1CC1CCN(c2ccc(-c3cn[nH]c3)nc2)CC1. The minimum absolute atomic E-state index is 0.344. The van der Waals surface area contributed by atoms with E-state index in [1.54, 1.807) is 6.20 Å². The average Bonchev–Trinajstić information content (AvgIpc) is 3.29. The zero-order chi connectivity index (χ0) is 16.4. The molecular weight excluding hydrogens is 302 g/mol. The number of rotatable bonds is 4. The number of nitrogens with zero attached hydrogens (tertiary/aromatic N) is 4. The van der Waals surface area contributed by atoms with Crippen molar-refractivity contribution in [3.63, 3.8) is 0 Å². The van der Waals surface area contributed by atoms with E-state index in [2.05, 4.69) is 37.1 Å². The zero-order valence-corrected chi connectivity index (χ0v) is 13.8. The van der Waals surface area contributed by atoms with Gasteiger partial charge in [-0.3, -0.25) is 14.9 Å². The van der Waals surface area contributed by atoms with Crippen LogP contribution in [-0.2, 0) is 4.79 Å². The summed E-state index contributed by atoms with van der Waals surface area (Å²) in [7, 11) is 0. The summed E-state index contributed by atoms with van der Waals surface area (Å²) in [5, 5.41) is 6.78. The molecule has 0 aliphatic carbocycles. The smallest absolute Gasteiger partial charge is 0.222 e. The third-order valence-electron chi connectivity index (χ3n) is 5.17. The second kappa shape index (κ2) is 6.63. The number of hydrogen-bond donors (Lipinski definition) is 1. The highest BCUT2D eigenvalue weighted by Crippen LogP contribution is 2.26. The van der Waals surface area contributed by atoms with Gasteiger partial charge in [0.25, 0.3) is 0 Å². The van der Waals surface area contributed by atoms with Crippen LogP contribution in [0.2, 0.25) is 0 Å². The van der Waals surface area contributed by atoms with E-state index in [1.165, 1.54) is 5.69 Å². The fourth-order valence-electron chi connectivity index (χ4n) is 3.72. The van der Waals surface area contributed by atoms with Crippen molar-refractivity contribution in [2.45, 2.75) is 25.7 Å². The molecule has 0 atom stereocenters. The van der Waals surface area contributed by atoms with Gasteiger partial charge in [0.1, 0.15) is 0 Å². The van der Waals surface area contributed by atoms with E-state index < -0.39 is 0 Å². The minimum atomic E-state index is 0.344. The maximum absolute atomic E-state index is 11.8. The van der Waals surface area contributed by atoms with Crippen LogP contribution < -0.4 is 4.90 Å². The van der Waals surface area contributed by atoms with Crippen molar-refractivity contribution in [2.24, 2.45) is 5.92 Å². The van der Waals surface area contributed by atoms with Gasteiger partial charge in [0.2, 0.25) is 5.91 Å². The maximum atomic E-state index is 11.8. The quantitative estimate of drug-likeness (QED) is 0.937. The van der Waals surface area contributed by atoms with Gasteiger partial charge in [0.05, 0.1) is 23.8 Å². The number of H-pyrrole nitrogens is 1. The van der Waals surface area contributed by atoms with E-state index in [4.69, 9.17) is 0 Å². The van der Waals surface area contributed by atoms with Crippen LogP contribution in [-0.4, -0.2) is 52.2 Å². The van der Waals surface area contributed by atoms with Crippen LogP contribution in [0.25, 0.3) is 11.3 Å². The standard InChI is InChI=1S/C18H23N5O/c24-18-2-1-7-23(18)13-14-5-8-22(9-6-14)16-3-4-17(19-12-16)15-10-20-21-11-15/h3-4,10-12,14H,1-2,5-9,13H2,(H,20,21). The van der Waals surface area contributed by atoms with Gasteiger partial charge in [-0.25, -0.2) is 0 Å². The molecule has 0 aromatic carbocycles. The molecular formula is C18H23N5O. The van der Waals surface area contributed by atoms with Gasteiger partial charge in [-0.1, -0.05) is 0 Å². The Hall–Kier alpha value is -2.37. The molecule has 6 heteroatoms. The van der Waals surface area contributed by atoms with Crippen molar-refractivity contribution in [2.75, 3.05) is 31.1 Å². The van der Waals surface area contributed by atoms with Crippen LogP contribution in [0.4, 0.5) is 5.69 Å². The van der Waals surface area contributed by atoms with Crippen LogP contribution in [0.5, 0.6) is 0 Å². The first-order chi connectivity index (χ1) is 11.8. The summed E-state index contributed by atoms with van der Waals surface area (Å²) >= 11 is 0. The summed E-state index contributed by atoms with van der Waals surface area (Å²) in [5.41, 5.74) is 3.13. The van der Waals surface area contributed by atoms with Crippen molar-refractivity contribution in [3.8, 4) is 11.3 Å². The summed E-state index contributed by atoms with van der Waals surface area (Å²) in [6.45, 7) is 3.99. The molecule has 4 rings (SSSR count). The molecule has 4 heterocycles. The third kappa shape index (κ3) is 3.13. The van der Waals surface area contributed by atoms with Gasteiger partial charge in [-0.15, -0.1) is 0 Å². The van der Waals surface area contributed by atoms with Gasteiger partial charge < -0.3 is 9.80 Å². The van der Waals surface area contributed by atoms with Crippen molar-refractivity contribution in [1.82, 2.24) is 20.1 Å². The number of carbonyl (C=O) groups is 1. The van der Waals surface area contributed by atoms with E-state index in [1.807, 2.05) is 12.4 Å². The molecule has 1 amide bonds. The first-order valence-corrected chi connectivity index (χ1v) is 8.77. The molecule has 2 aromatic rings. The van der Waals surface area contributed by atoms with E-state index in [9.17, 15) is 4.79 Å². The van der Waals surface area contributed by atoms with Crippen LogP contribution in [0.15, 0.2) is 30.7 Å². The van der Waals surface area contributed by atoms with Crippen LogP contribution in [0.3, 0.4) is 0 Å². The molecule has 0 bridgehead atoms. The number of piperidine rings is 1. The highest BCUT2D eigenvalue weighted by Gasteiger charge is 2.26. The second-order valence-electron chi connectivity index (χ2n) is 6.76. The molecule has 0 unspecified atom stereocenters. The lowest BCUT2D eigenvalue weighted by molar-refractivity contribution is -0.128. The van der Waals surface area contributed by atoms with Gasteiger partial charge in [-0.05, 0) is 37.3 Å². The molecule has 0 saturated carbocycles. The number of amides is 1. The highest BCUT2D eigenvalue weighted by molar-refractivity contribution is 5.78. The number of likely N-dealkylation sites (tertiary alicyclic amines) is 1. The number of nitrogens with one attached hydrogen (secondary N) is 1. The molecule has 2 aromatic heterocycles. The average molecular weight is 325 g/mol. The number of aromatic nitrogens is 3. The number of anilines is 1. The van der Waals surface area contributed by atoms with Crippen LogP contribution in [0.1, 0.15) is 25.7 Å². The van der Waals surface area contributed by atoms with Crippen molar-refractivity contribution >= 4 is 11.6 Å². The third-order valence-corrected chi connectivity index (χ3v) is 5.17. The summed E-state index contributed by atoms with van der Waals surface area (Å²) in [6, 6.07) is 4.19. The molecule has 0 radical (unpaired) electrons. The van der Waals surface area contributed by atoms with Crippen LogP contribution in [0, 0.1) is 5.92 Å². The van der Waals surface area contributed by atoms with Crippen molar-refractivity contribution in [3.05, 3.63) is 30.7 Å². The molecule has 1 N–H and O–H groups in total. The minimum Gasteiger partial charge on any atom is -0.370 e. The van der Waals surface area contributed by atoms with E-state index in [0.717, 1.165) is 63.1 Å². The molecule has 2 aliphatic rings. The fourth-order valence-corrected chi connectivity index (χ4v) is 3.72. The molecule has 2 fully saturated rings. The van der Waals surface area contributed by atoms with E-state index >= 15 is 0 Å². The van der Waals surface area contributed by atoms with Gasteiger partial charge in [0.15, 0.2) is 0 Å². The summed E-state index contributed by atoms with van der Waals surface area (Å²) < 4.78 is 0. The summed E-state index contributed by atoms with van der Waals surface area (Å²) in [5.74, 6) is 0.984. The van der Waals surface area contributed by atoms with Crippen molar-refractivity contribution in [1.29, 1.82) is 0 Å². The van der Waals surface area contributed by atoms with Gasteiger partial charge in [0, 0.05) is 44.4 Å². The molecule has 126 valence electrons. The Kier molecular flexibility index (Phi) is 4.19. The number of aromatic amines is 1. The fraction of sp³-hybridized carbons (Fsp3) is 0.500. The normalized spacial score (nSPS) is 19.2. The van der Waals surface area contributed by atoms with Gasteiger partial charge >= 0.3 is 0 Å². The van der Waals surface area contributed by atoms with Gasteiger partial charge in [-0.2, -0.15) is 5.10 Å². The second-order valence-corrected chi connectivity index (χ2v) is 6.76. The summed E-state index contributed by atoms with van der Waals surface area (Å²) in [4.78, 5) is 20.8. The summed E-state index contributed by atoms with van der Waals surface area (Å²) in [6.07, 6.45) is 9.66. The Labute approximate surface area is 141 Å². The Bertz CT molecular complexity index is 674. The Morgan fingerprint density at radius 2 is 2.04 bits per heavy atom. The topological polar surface area (TPSA) is 65.1 Å². The Morgan fingerprint density at radius 1 is 1.17 bits per heavy atom. The molecule has 2 aliphatic heterocycles. The predicted molar refractivity (Wildman–Crippen MR) is 92.6 cm³/mol. The number of carbonyl (C=O) groups excluding carboxylic acids is 1. The van der Waals surface area contributed by atoms with E-state index in [0.29, 0.717) is 11.8 Å². The first kappa shape index (κ1) is 15.2. The lowest BCUT2D eigenvalue weighted by Crippen LogP contribution is -2.39. The predicted octanol–water partition coefficient (Wildman–Crippen LogP) is 2.31. The highest BCUT2D eigenvalue weighted by atomic mass is 16.2. The zero-order valence-electron chi connectivity index (χ0n) is 13.8. The first-order valence-electron chi connectivity index (χ1n) is 8.77. The number of pyridine rings is 1. The Balaban J connectivity index is 1.33. The molecule has 6 nitrogen and oxygen atoms in total.